The Morgan fingerprint density at radius 1 is 1.36 bits per heavy atom. The Bertz CT molecular complexity index is 433. The molecule has 14 heavy (non-hydrogen) atoms. The van der Waals surface area contributed by atoms with E-state index in [1.807, 2.05) is 38.1 Å². The summed E-state index contributed by atoms with van der Waals surface area (Å²) in [5.41, 5.74) is 1.24. The van der Waals surface area contributed by atoms with E-state index in [-0.39, 0.29) is 5.71 Å². The summed E-state index contributed by atoms with van der Waals surface area (Å²) < 4.78 is 0. The number of hydrogen-bond donors (Lipinski definition) is 0. The van der Waals surface area contributed by atoms with Gasteiger partial charge in [0.15, 0.2) is 0 Å². The van der Waals surface area contributed by atoms with Gasteiger partial charge in [0, 0.05) is 5.41 Å². The molecule has 0 spiro atoms. The molecule has 0 saturated carbocycles. The van der Waals surface area contributed by atoms with E-state index in [0.29, 0.717) is 0 Å². The zero-order valence-corrected chi connectivity index (χ0v) is 8.07. The summed E-state index contributed by atoms with van der Waals surface area (Å²) in [5, 5.41) is 10.8. The summed E-state index contributed by atoms with van der Waals surface area (Å²) in [5.74, 6) is -1.19. The van der Waals surface area contributed by atoms with Crippen LogP contribution in [0.4, 0.5) is 5.69 Å². The number of carbonyl (C=O) groups excluding carboxylic acids is 1. The minimum absolute atomic E-state index is 0.110. The zero-order chi connectivity index (χ0) is 10.3. The number of aliphatic carboxylic acids is 1. The molecule has 72 valence electrons. The van der Waals surface area contributed by atoms with Crippen LogP contribution < -0.4 is 5.11 Å². The standard InChI is InChI=1S/C11H11NO2/c1-11(2)7-5-3-4-6-8(7)12-9(11)10(13)14/h3-6H,1-2H3,(H,13,14)/p-1. The fourth-order valence-electron chi connectivity index (χ4n) is 1.79. The minimum atomic E-state index is -1.19. The molecular formula is C11H10NO2-. The summed E-state index contributed by atoms with van der Waals surface area (Å²) in [6, 6.07) is 7.44. The average molecular weight is 188 g/mol. The van der Waals surface area contributed by atoms with Gasteiger partial charge < -0.3 is 9.90 Å². The first-order valence-electron chi connectivity index (χ1n) is 4.43. The fraction of sp³-hybridized carbons (Fsp3) is 0.273. The van der Waals surface area contributed by atoms with Gasteiger partial charge in [0.05, 0.1) is 17.4 Å². The van der Waals surface area contributed by atoms with Crippen molar-refractivity contribution in [3.05, 3.63) is 29.8 Å². The maximum atomic E-state index is 10.8. The highest BCUT2D eigenvalue weighted by atomic mass is 16.4. The molecule has 0 atom stereocenters. The summed E-state index contributed by atoms with van der Waals surface area (Å²) in [4.78, 5) is 14.9. The Labute approximate surface area is 82.1 Å². The van der Waals surface area contributed by atoms with Gasteiger partial charge in [-0.3, -0.25) is 4.99 Å². The lowest BCUT2D eigenvalue weighted by Crippen LogP contribution is -2.41. The largest absolute Gasteiger partial charge is 0.543 e. The Balaban J connectivity index is 2.62. The monoisotopic (exact) mass is 188 g/mol. The Morgan fingerprint density at radius 3 is 2.57 bits per heavy atom. The number of benzene rings is 1. The Hall–Kier alpha value is -1.64. The third-order valence-electron chi connectivity index (χ3n) is 2.60. The molecule has 0 N–H and O–H groups in total. The summed E-state index contributed by atoms with van der Waals surface area (Å²) in [7, 11) is 0. The number of nitrogens with zero attached hydrogens (tertiary/aromatic N) is 1. The highest BCUT2D eigenvalue weighted by Crippen LogP contribution is 2.39. The summed E-state index contributed by atoms with van der Waals surface area (Å²) in [6.07, 6.45) is 0. The molecular weight excluding hydrogens is 178 g/mol. The van der Waals surface area contributed by atoms with Crippen LogP contribution in [0.15, 0.2) is 29.3 Å². The van der Waals surface area contributed by atoms with E-state index < -0.39 is 11.4 Å². The third-order valence-corrected chi connectivity index (χ3v) is 2.60. The Kier molecular flexibility index (Phi) is 1.71. The van der Waals surface area contributed by atoms with Crippen LogP contribution in [0.3, 0.4) is 0 Å². The van der Waals surface area contributed by atoms with Crippen molar-refractivity contribution in [1.29, 1.82) is 0 Å². The van der Waals surface area contributed by atoms with Crippen LogP contribution in [-0.4, -0.2) is 11.7 Å². The number of carboxylic acids is 1. The number of carboxylic acid groups (broad SMARTS) is 1. The van der Waals surface area contributed by atoms with E-state index in [1.165, 1.54) is 0 Å². The molecule has 2 rings (SSSR count). The molecule has 0 unspecified atom stereocenters. The predicted molar refractivity (Wildman–Crippen MR) is 51.6 cm³/mol. The second-order valence-electron chi connectivity index (χ2n) is 3.89. The van der Waals surface area contributed by atoms with Crippen LogP contribution in [0.1, 0.15) is 19.4 Å². The van der Waals surface area contributed by atoms with E-state index in [9.17, 15) is 9.90 Å². The van der Waals surface area contributed by atoms with Crippen LogP contribution in [0.5, 0.6) is 0 Å². The maximum Gasteiger partial charge on any atom is 0.0867 e. The SMILES string of the molecule is CC1(C)C(C(=O)[O-])=Nc2ccccc21. The van der Waals surface area contributed by atoms with E-state index >= 15 is 0 Å². The molecule has 0 fully saturated rings. The molecule has 0 bridgehead atoms. The van der Waals surface area contributed by atoms with Gasteiger partial charge in [-0.25, -0.2) is 0 Å². The maximum absolute atomic E-state index is 10.8. The number of para-hydroxylation sites is 1. The molecule has 0 amide bonds. The molecule has 1 aromatic carbocycles. The van der Waals surface area contributed by atoms with E-state index in [1.54, 1.807) is 0 Å². The minimum Gasteiger partial charge on any atom is -0.543 e. The molecule has 0 aliphatic carbocycles. The van der Waals surface area contributed by atoms with E-state index in [0.717, 1.165) is 11.3 Å². The lowest BCUT2D eigenvalue weighted by atomic mass is 9.81. The second-order valence-corrected chi connectivity index (χ2v) is 3.89. The van der Waals surface area contributed by atoms with Crippen LogP contribution in [0.25, 0.3) is 0 Å². The van der Waals surface area contributed by atoms with Gasteiger partial charge in [-0.2, -0.15) is 0 Å². The molecule has 1 aromatic rings. The lowest BCUT2D eigenvalue weighted by molar-refractivity contribution is -0.294. The van der Waals surface area contributed by atoms with Gasteiger partial charge in [0.1, 0.15) is 0 Å². The molecule has 0 saturated heterocycles. The van der Waals surface area contributed by atoms with Crippen molar-refractivity contribution in [3.8, 4) is 0 Å². The predicted octanol–water partition coefficient (Wildman–Crippen LogP) is 0.800. The first-order valence-corrected chi connectivity index (χ1v) is 4.43. The molecule has 3 heteroatoms. The van der Waals surface area contributed by atoms with Crippen molar-refractivity contribution in [2.75, 3.05) is 0 Å². The molecule has 1 aliphatic rings. The quantitative estimate of drug-likeness (QED) is 0.654. The van der Waals surface area contributed by atoms with Crippen molar-refractivity contribution in [2.24, 2.45) is 4.99 Å². The number of aliphatic imine (C=N–C) groups is 1. The van der Waals surface area contributed by atoms with Gasteiger partial charge in [-0.15, -0.1) is 0 Å². The highest BCUT2D eigenvalue weighted by molar-refractivity contribution is 6.40. The summed E-state index contributed by atoms with van der Waals surface area (Å²) in [6.45, 7) is 3.68. The van der Waals surface area contributed by atoms with Crippen molar-refractivity contribution in [1.82, 2.24) is 0 Å². The number of rotatable bonds is 1. The lowest BCUT2D eigenvalue weighted by Gasteiger charge is -2.22. The van der Waals surface area contributed by atoms with E-state index in [2.05, 4.69) is 4.99 Å². The van der Waals surface area contributed by atoms with Gasteiger partial charge >= 0.3 is 0 Å². The Morgan fingerprint density at radius 2 is 2.00 bits per heavy atom. The first-order chi connectivity index (χ1) is 6.53. The third kappa shape index (κ3) is 1.05. The fourth-order valence-corrected chi connectivity index (χ4v) is 1.79. The van der Waals surface area contributed by atoms with Gasteiger partial charge in [0.2, 0.25) is 0 Å². The topological polar surface area (TPSA) is 52.5 Å². The first kappa shape index (κ1) is 8.94. The summed E-state index contributed by atoms with van der Waals surface area (Å²) >= 11 is 0. The molecule has 3 nitrogen and oxygen atoms in total. The number of carbonyl (C=O) groups is 1. The van der Waals surface area contributed by atoms with Crippen molar-refractivity contribution in [3.63, 3.8) is 0 Å². The van der Waals surface area contributed by atoms with Gasteiger partial charge in [0.25, 0.3) is 0 Å². The van der Waals surface area contributed by atoms with Crippen molar-refractivity contribution < 1.29 is 9.90 Å². The smallest absolute Gasteiger partial charge is 0.0867 e. The highest BCUT2D eigenvalue weighted by Gasteiger charge is 2.34. The number of hydrogen-bond acceptors (Lipinski definition) is 3. The van der Waals surface area contributed by atoms with E-state index in [4.69, 9.17) is 0 Å². The van der Waals surface area contributed by atoms with Crippen LogP contribution in [0.2, 0.25) is 0 Å². The van der Waals surface area contributed by atoms with Crippen LogP contribution in [-0.2, 0) is 10.2 Å². The number of fused-ring (bicyclic) bond motifs is 1. The van der Waals surface area contributed by atoms with Crippen LogP contribution in [0, 0.1) is 0 Å². The molecule has 1 aliphatic heterocycles. The van der Waals surface area contributed by atoms with Crippen molar-refractivity contribution in [2.45, 2.75) is 19.3 Å². The average Bonchev–Trinajstić information content (AvgIpc) is 2.39. The van der Waals surface area contributed by atoms with Crippen LogP contribution >= 0.6 is 0 Å². The molecule has 1 heterocycles. The zero-order valence-electron chi connectivity index (χ0n) is 8.07. The van der Waals surface area contributed by atoms with Gasteiger partial charge in [-0.1, -0.05) is 32.0 Å². The van der Waals surface area contributed by atoms with Crippen molar-refractivity contribution >= 4 is 17.4 Å². The molecule has 0 radical (unpaired) electrons. The second kappa shape index (κ2) is 2.67. The van der Waals surface area contributed by atoms with Gasteiger partial charge in [-0.05, 0) is 11.6 Å². The normalized spacial score (nSPS) is 17.4. The molecule has 0 aromatic heterocycles.